The van der Waals surface area contributed by atoms with Crippen LogP contribution in [0.2, 0.25) is 18.1 Å². The summed E-state index contributed by atoms with van der Waals surface area (Å²) in [6.07, 6.45) is 1.03. The molecule has 2 atom stereocenters. The summed E-state index contributed by atoms with van der Waals surface area (Å²) in [6, 6.07) is 7.78. The number of benzene rings is 2. The fraction of sp³-hybridized carbons (Fsp3) is 0.606. The van der Waals surface area contributed by atoms with Crippen molar-refractivity contribution in [3.8, 4) is 34.5 Å². The van der Waals surface area contributed by atoms with Crippen molar-refractivity contribution in [1.29, 1.82) is 0 Å². The van der Waals surface area contributed by atoms with Crippen LogP contribution in [0.25, 0.3) is 0 Å². The van der Waals surface area contributed by atoms with E-state index in [9.17, 15) is 4.79 Å². The summed E-state index contributed by atoms with van der Waals surface area (Å²) in [4.78, 5) is 13.0. The normalized spacial score (nSPS) is 14.1. The zero-order chi connectivity index (χ0) is 32.0. The van der Waals surface area contributed by atoms with Crippen LogP contribution in [0.5, 0.6) is 34.5 Å². The van der Waals surface area contributed by atoms with E-state index < -0.39 is 13.9 Å². The molecule has 2 aromatic carbocycles. The summed E-state index contributed by atoms with van der Waals surface area (Å²) in [5, 5.41) is 0.00509. The minimum absolute atomic E-state index is 0.00509. The van der Waals surface area contributed by atoms with E-state index in [4.69, 9.17) is 32.8 Å². The van der Waals surface area contributed by atoms with E-state index in [0.29, 0.717) is 47.3 Å². The van der Waals surface area contributed by atoms with Gasteiger partial charge in [0.05, 0.1) is 41.5 Å². The fourth-order valence-corrected chi connectivity index (χ4v) is 5.45. The summed E-state index contributed by atoms with van der Waals surface area (Å²) in [5.74, 6) is 2.83. The minimum Gasteiger partial charge on any atom is -0.539 e. The summed E-state index contributed by atoms with van der Waals surface area (Å²) < 4.78 is 41.2. The molecule has 2 rings (SSSR count). The Hall–Kier alpha value is -3.07. The van der Waals surface area contributed by atoms with Gasteiger partial charge in [-0.15, -0.1) is 0 Å². The molecule has 236 valence electrons. The second-order valence-corrected chi connectivity index (χ2v) is 17.6. The maximum Gasteiger partial charge on any atom is 0.308 e. The zero-order valence-electron chi connectivity index (χ0n) is 28.1. The van der Waals surface area contributed by atoms with Crippen molar-refractivity contribution in [3.63, 3.8) is 0 Å². The fourth-order valence-electron chi connectivity index (χ4n) is 4.43. The average Bonchev–Trinajstić information content (AvgIpc) is 2.91. The second-order valence-electron chi connectivity index (χ2n) is 12.9. The third kappa shape index (κ3) is 8.05. The van der Waals surface area contributed by atoms with Crippen molar-refractivity contribution < 1.29 is 37.6 Å². The van der Waals surface area contributed by atoms with Crippen LogP contribution in [0.15, 0.2) is 24.3 Å². The van der Waals surface area contributed by atoms with Crippen molar-refractivity contribution in [2.24, 2.45) is 11.8 Å². The smallest absolute Gasteiger partial charge is 0.308 e. The Labute approximate surface area is 254 Å². The van der Waals surface area contributed by atoms with Crippen molar-refractivity contribution in [2.75, 3.05) is 35.5 Å². The third-order valence-corrected chi connectivity index (χ3v) is 12.7. The molecular weight excluding hydrogens is 552 g/mol. The molecule has 0 aliphatic carbocycles. The third-order valence-electron chi connectivity index (χ3n) is 8.35. The van der Waals surface area contributed by atoms with E-state index in [2.05, 4.69) is 40.8 Å². The van der Waals surface area contributed by atoms with Crippen LogP contribution < -0.4 is 28.1 Å². The Kier molecular flexibility index (Phi) is 11.7. The van der Waals surface area contributed by atoms with E-state index >= 15 is 0 Å². The lowest BCUT2D eigenvalue weighted by atomic mass is 9.80. The highest BCUT2D eigenvalue weighted by atomic mass is 28.4. The molecule has 0 saturated carbocycles. The van der Waals surface area contributed by atoms with E-state index in [1.807, 2.05) is 45.0 Å². The van der Waals surface area contributed by atoms with Crippen LogP contribution in [-0.2, 0) is 22.4 Å². The first-order valence-electron chi connectivity index (χ1n) is 14.4. The van der Waals surface area contributed by atoms with Crippen LogP contribution in [0.4, 0.5) is 0 Å². The molecule has 0 saturated heterocycles. The molecule has 0 N–H and O–H groups in total. The van der Waals surface area contributed by atoms with Gasteiger partial charge in [0.1, 0.15) is 5.60 Å². The lowest BCUT2D eigenvalue weighted by Gasteiger charge is -2.38. The second kappa shape index (κ2) is 13.9. The number of ether oxygens (including phenoxy) is 6. The van der Waals surface area contributed by atoms with Gasteiger partial charge in [-0.1, -0.05) is 41.5 Å². The van der Waals surface area contributed by atoms with E-state index in [-0.39, 0.29) is 22.8 Å². The van der Waals surface area contributed by atoms with Crippen LogP contribution in [0.1, 0.15) is 59.6 Å². The molecule has 8 nitrogen and oxygen atoms in total. The molecule has 0 aliphatic rings. The first kappa shape index (κ1) is 35.1. The molecule has 0 bridgehead atoms. The number of carbonyl (C=O) groups excluding carboxylic acids is 1. The van der Waals surface area contributed by atoms with Crippen LogP contribution in [0, 0.1) is 11.8 Å². The molecule has 0 aromatic heterocycles. The molecule has 0 amide bonds. The molecule has 0 fully saturated rings. The molecule has 0 heterocycles. The van der Waals surface area contributed by atoms with Gasteiger partial charge in [0.2, 0.25) is 5.75 Å². The van der Waals surface area contributed by atoms with Gasteiger partial charge in [0.15, 0.2) is 28.7 Å². The highest BCUT2D eigenvalue weighted by molar-refractivity contribution is 6.74. The SMILES string of the molecule is COc1cc(C[C@](C)(OC(=O)C(C)C)[C@@H](C)Cc2cc(OC)c(O[Si](C)(C)C(C)(C)C)c(OC)c2)cc(OC)c1OC. The number of carbonyl (C=O) groups is 1. The predicted octanol–water partition coefficient (Wildman–Crippen LogP) is 7.49. The van der Waals surface area contributed by atoms with Crippen LogP contribution in [0.3, 0.4) is 0 Å². The summed E-state index contributed by atoms with van der Waals surface area (Å²) in [5.41, 5.74) is 1.02. The van der Waals surface area contributed by atoms with Crippen molar-refractivity contribution in [2.45, 2.75) is 85.0 Å². The van der Waals surface area contributed by atoms with Gasteiger partial charge >= 0.3 is 5.97 Å². The Bertz CT molecular complexity index is 1170. The maximum absolute atomic E-state index is 13.0. The molecular formula is C33H52O8Si. The number of hydrogen-bond donors (Lipinski definition) is 0. The van der Waals surface area contributed by atoms with Crippen LogP contribution in [-0.4, -0.2) is 55.4 Å². The number of esters is 1. The van der Waals surface area contributed by atoms with Gasteiger partial charge < -0.3 is 32.8 Å². The first-order valence-corrected chi connectivity index (χ1v) is 17.3. The minimum atomic E-state index is -2.16. The Morgan fingerprint density at radius 3 is 1.52 bits per heavy atom. The maximum atomic E-state index is 13.0. The van der Waals surface area contributed by atoms with Crippen molar-refractivity contribution >= 4 is 14.3 Å². The lowest BCUT2D eigenvalue weighted by molar-refractivity contribution is -0.167. The quantitative estimate of drug-likeness (QED) is 0.162. The summed E-state index contributed by atoms with van der Waals surface area (Å²) in [7, 11) is 5.85. The van der Waals surface area contributed by atoms with Crippen molar-refractivity contribution in [3.05, 3.63) is 35.4 Å². The largest absolute Gasteiger partial charge is 0.539 e. The molecule has 9 heteroatoms. The van der Waals surface area contributed by atoms with E-state index in [0.717, 1.165) is 11.1 Å². The number of rotatable bonds is 14. The topological polar surface area (TPSA) is 81.7 Å². The predicted molar refractivity (Wildman–Crippen MR) is 169 cm³/mol. The molecule has 0 unspecified atom stereocenters. The first-order chi connectivity index (χ1) is 19.5. The van der Waals surface area contributed by atoms with Gasteiger partial charge in [0.25, 0.3) is 8.32 Å². The monoisotopic (exact) mass is 604 g/mol. The summed E-state index contributed by atoms with van der Waals surface area (Å²) >= 11 is 0. The zero-order valence-corrected chi connectivity index (χ0v) is 29.1. The Balaban J connectivity index is 2.54. The van der Waals surface area contributed by atoms with E-state index in [1.165, 1.54) is 0 Å². The molecule has 0 radical (unpaired) electrons. The highest BCUT2D eigenvalue weighted by Crippen LogP contribution is 2.46. The molecule has 42 heavy (non-hydrogen) atoms. The van der Waals surface area contributed by atoms with Crippen LogP contribution >= 0.6 is 0 Å². The van der Waals surface area contributed by atoms with Gasteiger partial charge in [-0.3, -0.25) is 4.79 Å². The van der Waals surface area contributed by atoms with Gasteiger partial charge in [-0.05, 0) is 66.9 Å². The Morgan fingerprint density at radius 2 is 1.14 bits per heavy atom. The number of hydrogen-bond acceptors (Lipinski definition) is 8. The molecule has 0 aliphatic heterocycles. The molecule has 0 spiro atoms. The summed E-state index contributed by atoms with van der Waals surface area (Å²) in [6.45, 7) is 18.7. The van der Waals surface area contributed by atoms with Crippen molar-refractivity contribution in [1.82, 2.24) is 0 Å². The van der Waals surface area contributed by atoms with Gasteiger partial charge in [0, 0.05) is 12.3 Å². The Morgan fingerprint density at radius 1 is 0.714 bits per heavy atom. The average molecular weight is 605 g/mol. The lowest BCUT2D eigenvalue weighted by Crippen LogP contribution is -2.44. The highest BCUT2D eigenvalue weighted by Gasteiger charge is 2.41. The standard InChI is InChI=1S/C33H52O8Si/c1-21(2)31(34)40-33(7,20-24-18-25(35-8)29(39-12)26(19-24)36-9)22(3)15-23-16-27(37-10)30(28(17-23)38-11)41-42(13,14)32(4,5)6/h16-19,21-22H,15,20H2,1-14H3/t22-,33-/m0/s1. The molecule has 2 aromatic rings. The van der Waals surface area contributed by atoms with E-state index in [1.54, 1.807) is 35.5 Å². The van der Waals surface area contributed by atoms with Gasteiger partial charge in [-0.2, -0.15) is 0 Å². The number of methoxy groups -OCH3 is 5. The van der Waals surface area contributed by atoms with Gasteiger partial charge in [-0.25, -0.2) is 0 Å².